The number of carbonyl (C=O) groups excluding carboxylic acids is 2. The summed E-state index contributed by atoms with van der Waals surface area (Å²) in [4.78, 5) is 23.7. The van der Waals surface area contributed by atoms with E-state index in [-0.39, 0.29) is 18.1 Å². The van der Waals surface area contributed by atoms with Gasteiger partial charge in [0, 0.05) is 6.92 Å². The topological polar surface area (TPSA) is 55.4 Å². The lowest BCUT2D eigenvalue weighted by atomic mass is 9.78. The quantitative estimate of drug-likeness (QED) is 0.809. The Bertz CT molecular complexity index is 657. The molecule has 1 aromatic carbocycles. The van der Waals surface area contributed by atoms with Crippen LogP contribution in [0.3, 0.4) is 0 Å². The second-order valence-corrected chi connectivity index (χ2v) is 6.95. The fourth-order valence-corrected chi connectivity index (χ4v) is 2.51. The molecule has 4 heteroatoms. The molecule has 1 aliphatic carbocycles. The lowest BCUT2D eigenvalue weighted by Crippen LogP contribution is -2.27. The van der Waals surface area contributed by atoms with Gasteiger partial charge in [-0.3, -0.25) is 10.1 Å². The molecular formula is C20H25NO3. The van der Waals surface area contributed by atoms with Gasteiger partial charge >= 0.3 is 6.09 Å². The van der Waals surface area contributed by atoms with Crippen LogP contribution in [0, 0.1) is 5.41 Å². The summed E-state index contributed by atoms with van der Waals surface area (Å²) in [5, 5.41) is 2.56. The molecule has 0 bridgehead atoms. The highest BCUT2D eigenvalue weighted by Crippen LogP contribution is 2.34. The van der Waals surface area contributed by atoms with E-state index in [1.807, 2.05) is 30.3 Å². The van der Waals surface area contributed by atoms with Gasteiger partial charge < -0.3 is 4.74 Å². The van der Waals surface area contributed by atoms with Gasteiger partial charge in [-0.15, -0.1) is 0 Å². The molecule has 0 heterocycles. The fourth-order valence-electron chi connectivity index (χ4n) is 2.51. The molecule has 0 aromatic heterocycles. The van der Waals surface area contributed by atoms with Crippen molar-refractivity contribution in [2.75, 3.05) is 0 Å². The van der Waals surface area contributed by atoms with Gasteiger partial charge in [-0.05, 0) is 41.9 Å². The summed E-state index contributed by atoms with van der Waals surface area (Å²) < 4.78 is 5.17. The summed E-state index contributed by atoms with van der Waals surface area (Å²) in [6.07, 6.45) is 6.24. The van der Waals surface area contributed by atoms with Crippen molar-refractivity contribution in [1.82, 2.24) is 5.32 Å². The van der Waals surface area contributed by atoms with Crippen LogP contribution in [-0.2, 0) is 16.1 Å². The fraction of sp³-hybridized carbons (Fsp3) is 0.400. The van der Waals surface area contributed by atoms with Gasteiger partial charge in [-0.1, -0.05) is 50.3 Å². The summed E-state index contributed by atoms with van der Waals surface area (Å²) in [7, 11) is 0. The maximum absolute atomic E-state index is 11.9. The normalized spacial score (nSPS) is 17.0. The smallest absolute Gasteiger partial charge is 0.412 e. The number of allylic oxidation sites excluding steroid dienone is 4. The average molecular weight is 327 g/mol. The van der Waals surface area contributed by atoms with Crippen LogP contribution >= 0.6 is 0 Å². The number of ether oxygens (including phenoxy) is 1. The highest BCUT2D eigenvalue weighted by molar-refractivity contribution is 5.96. The molecule has 0 fully saturated rings. The van der Waals surface area contributed by atoms with E-state index < -0.39 is 6.09 Å². The molecular weight excluding hydrogens is 302 g/mol. The van der Waals surface area contributed by atoms with E-state index in [1.165, 1.54) is 6.92 Å². The number of benzene rings is 1. The number of nitrogens with one attached hydrogen (secondary N) is 1. The SMILES string of the molecule is CC(=O)C(=CC1=CCC(C)(C)CC1)NC(=O)OCc1ccccc1. The summed E-state index contributed by atoms with van der Waals surface area (Å²) in [5.41, 5.74) is 2.57. The minimum absolute atomic E-state index is 0.175. The van der Waals surface area contributed by atoms with Crippen molar-refractivity contribution in [3.05, 3.63) is 59.3 Å². The third-order valence-corrected chi connectivity index (χ3v) is 4.17. The zero-order valence-corrected chi connectivity index (χ0v) is 14.6. The number of ketones is 1. The molecule has 2 rings (SSSR count). The van der Waals surface area contributed by atoms with Crippen molar-refractivity contribution >= 4 is 11.9 Å². The van der Waals surface area contributed by atoms with Crippen molar-refractivity contribution in [3.8, 4) is 0 Å². The third kappa shape index (κ3) is 5.69. The molecule has 1 aliphatic rings. The predicted octanol–water partition coefficient (Wildman–Crippen LogP) is 4.52. The molecule has 4 nitrogen and oxygen atoms in total. The number of Topliss-reactive ketones (excluding diaryl/α,β-unsaturated/α-hetero) is 1. The van der Waals surface area contributed by atoms with E-state index >= 15 is 0 Å². The van der Waals surface area contributed by atoms with Crippen molar-refractivity contribution in [1.29, 1.82) is 0 Å². The average Bonchev–Trinajstić information content (AvgIpc) is 2.55. The van der Waals surface area contributed by atoms with Crippen LogP contribution in [-0.4, -0.2) is 11.9 Å². The van der Waals surface area contributed by atoms with E-state index in [0.717, 1.165) is 30.4 Å². The Hall–Kier alpha value is -2.36. The first-order chi connectivity index (χ1) is 11.4. The molecule has 0 atom stereocenters. The van der Waals surface area contributed by atoms with E-state index in [9.17, 15) is 9.59 Å². The molecule has 0 saturated heterocycles. The van der Waals surface area contributed by atoms with Gasteiger partial charge in [-0.2, -0.15) is 0 Å². The second kappa shape index (κ2) is 7.95. The molecule has 0 radical (unpaired) electrons. The summed E-state index contributed by atoms with van der Waals surface area (Å²) in [5.74, 6) is -0.183. The monoisotopic (exact) mass is 327 g/mol. The number of alkyl carbamates (subject to hydrolysis) is 1. The minimum atomic E-state index is -0.614. The van der Waals surface area contributed by atoms with E-state index in [4.69, 9.17) is 4.74 Å². The van der Waals surface area contributed by atoms with Gasteiger partial charge in [0.25, 0.3) is 0 Å². The molecule has 1 N–H and O–H groups in total. The van der Waals surface area contributed by atoms with Crippen molar-refractivity contribution in [3.63, 3.8) is 0 Å². The zero-order chi connectivity index (χ0) is 17.6. The number of rotatable bonds is 5. The van der Waals surface area contributed by atoms with Crippen LogP contribution in [0.1, 0.15) is 45.6 Å². The van der Waals surface area contributed by atoms with Gasteiger partial charge in [0.1, 0.15) is 6.61 Å². The second-order valence-electron chi connectivity index (χ2n) is 6.95. The van der Waals surface area contributed by atoms with Crippen LogP contribution in [0.15, 0.2) is 53.8 Å². The van der Waals surface area contributed by atoms with E-state index in [2.05, 4.69) is 25.2 Å². The molecule has 24 heavy (non-hydrogen) atoms. The first-order valence-electron chi connectivity index (χ1n) is 8.25. The van der Waals surface area contributed by atoms with Crippen molar-refractivity contribution in [2.24, 2.45) is 5.41 Å². The first-order valence-corrected chi connectivity index (χ1v) is 8.25. The summed E-state index contributed by atoms with van der Waals surface area (Å²) in [6.45, 7) is 6.08. The minimum Gasteiger partial charge on any atom is -0.444 e. The highest BCUT2D eigenvalue weighted by atomic mass is 16.5. The third-order valence-electron chi connectivity index (χ3n) is 4.17. The molecule has 0 saturated carbocycles. The summed E-state index contributed by atoms with van der Waals surface area (Å²) in [6, 6.07) is 9.43. The van der Waals surface area contributed by atoms with Crippen molar-refractivity contribution in [2.45, 2.75) is 46.6 Å². The van der Waals surface area contributed by atoms with Crippen LogP contribution in [0.4, 0.5) is 4.79 Å². The Balaban J connectivity index is 1.96. The van der Waals surface area contributed by atoms with Crippen LogP contribution in [0.5, 0.6) is 0 Å². The summed E-state index contributed by atoms with van der Waals surface area (Å²) >= 11 is 0. The largest absolute Gasteiger partial charge is 0.444 e. The van der Waals surface area contributed by atoms with E-state index in [1.54, 1.807) is 6.08 Å². The first kappa shape index (κ1) is 18.0. The van der Waals surface area contributed by atoms with Gasteiger partial charge in [0.15, 0.2) is 5.78 Å². The number of hydrogen-bond donors (Lipinski definition) is 1. The molecule has 0 aliphatic heterocycles. The van der Waals surface area contributed by atoms with Crippen LogP contribution < -0.4 is 5.32 Å². The molecule has 1 amide bonds. The Labute approximate surface area is 143 Å². The lowest BCUT2D eigenvalue weighted by molar-refractivity contribution is -0.113. The van der Waals surface area contributed by atoms with Crippen LogP contribution in [0.25, 0.3) is 0 Å². The number of amides is 1. The predicted molar refractivity (Wildman–Crippen MR) is 94.2 cm³/mol. The molecule has 0 spiro atoms. The maximum atomic E-state index is 11.9. The van der Waals surface area contributed by atoms with Crippen molar-refractivity contribution < 1.29 is 14.3 Å². The Morgan fingerprint density at radius 3 is 2.54 bits per heavy atom. The highest BCUT2D eigenvalue weighted by Gasteiger charge is 2.21. The zero-order valence-electron chi connectivity index (χ0n) is 14.6. The van der Waals surface area contributed by atoms with E-state index in [0.29, 0.717) is 5.41 Å². The standard InChI is InChI=1S/C20H25NO3/c1-15(22)18(13-16-9-11-20(2,3)12-10-16)21-19(23)24-14-17-7-5-4-6-8-17/h4-9,13H,10-12,14H2,1-3H3,(H,21,23). The van der Waals surface area contributed by atoms with Crippen LogP contribution in [0.2, 0.25) is 0 Å². The molecule has 1 aromatic rings. The number of carbonyl (C=O) groups is 2. The Kier molecular flexibility index (Phi) is 5.96. The lowest BCUT2D eigenvalue weighted by Gasteiger charge is -2.27. The number of hydrogen-bond acceptors (Lipinski definition) is 3. The Morgan fingerprint density at radius 1 is 1.25 bits per heavy atom. The van der Waals surface area contributed by atoms with Gasteiger partial charge in [-0.25, -0.2) is 4.79 Å². The van der Waals surface area contributed by atoms with Gasteiger partial charge in [0.2, 0.25) is 0 Å². The molecule has 128 valence electrons. The maximum Gasteiger partial charge on any atom is 0.412 e. The Morgan fingerprint density at radius 2 is 1.96 bits per heavy atom. The molecule has 0 unspecified atom stereocenters. The van der Waals surface area contributed by atoms with Gasteiger partial charge in [0.05, 0.1) is 5.70 Å².